The quantitative estimate of drug-likeness (QED) is 0.851. The third-order valence-electron chi connectivity index (χ3n) is 3.33. The van der Waals surface area contributed by atoms with Crippen LogP contribution in [0.2, 0.25) is 0 Å². The maximum Gasteiger partial charge on any atom is 0.214 e. The van der Waals surface area contributed by atoms with E-state index in [2.05, 4.69) is 13.0 Å². The predicted octanol–water partition coefficient (Wildman–Crippen LogP) is 2.18. The van der Waals surface area contributed by atoms with Crippen LogP contribution in [0.25, 0.3) is 0 Å². The molecule has 0 unspecified atom stereocenters. The molecule has 0 radical (unpaired) electrons. The summed E-state index contributed by atoms with van der Waals surface area (Å²) in [7, 11) is -3.17. The molecular formula is C14H21NO3S. The second-order valence-corrected chi connectivity index (χ2v) is 6.88. The van der Waals surface area contributed by atoms with Gasteiger partial charge in [-0.25, -0.2) is 8.42 Å². The molecule has 0 amide bonds. The smallest absolute Gasteiger partial charge is 0.214 e. The lowest BCUT2D eigenvalue weighted by atomic mass is 10.1. The molecule has 0 saturated heterocycles. The SMILES string of the molecule is CCCS(=O)(=O)N1CCOc2ccc(CC)cc2C1. The highest BCUT2D eigenvalue weighted by molar-refractivity contribution is 7.89. The summed E-state index contributed by atoms with van der Waals surface area (Å²) >= 11 is 0. The second-order valence-electron chi connectivity index (χ2n) is 4.79. The Morgan fingerprint density at radius 3 is 2.79 bits per heavy atom. The van der Waals surface area contributed by atoms with Gasteiger partial charge in [-0.2, -0.15) is 4.31 Å². The van der Waals surface area contributed by atoms with Crippen LogP contribution in [-0.2, 0) is 23.0 Å². The van der Waals surface area contributed by atoms with Crippen LogP contribution >= 0.6 is 0 Å². The fraction of sp³-hybridized carbons (Fsp3) is 0.571. The van der Waals surface area contributed by atoms with Gasteiger partial charge in [0.1, 0.15) is 12.4 Å². The molecule has 0 bridgehead atoms. The summed E-state index contributed by atoms with van der Waals surface area (Å²) in [4.78, 5) is 0. The van der Waals surface area contributed by atoms with Crippen molar-refractivity contribution in [2.45, 2.75) is 33.2 Å². The highest BCUT2D eigenvalue weighted by Crippen LogP contribution is 2.26. The van der Waals surface area contributed by atoms with Gasteiger partial charge in [0.15, 0.2) is 0 Å². The lowest BCUT2D eigenvalue weighted by Crippen LogP contribution is -2.34. The Hall–Kier alpha value is -1.07. The van der Waals surface area contributed by atoms with Gasteiger partial charge >= 0.3 is 0 Å². The molecule has 0 aromatic heterocycles. The number of hydrogen-bond acceptors (Lipinski definition) is 3. The molecule has 0 aliphatic carbocycles. The number of nitrogens with zero attached hydrogens (tertiary/aromatic N) is 1. The van der Waals surface area contributed by atoms with E-state index >= 15 is 0 Å². The largest absolute Gasteiger partial charge is 0.492 e. The van der Waals surface area contributed by atoms with Crippen LogP contribution in [0, 0.1) is 0 Å². The Kier molecular flexibility index (Phi) is 4.47. The second kappa shape index (κ2) is 5.92. The fourth-order valence-electron chi connectivity index (χ4n) is 2.27. The van der Waals surface area contributed by atoms with Crippen LogP contribution in [0.4, 0.5) is 0 Å². The van der Waals surface area contributed by atoms with Gasteiger partial charge in [0.2, 0.25) is 10.0 Å². The summed E-state index contributed by atoms with van der Waals surface area (Å²) in [5, 5.41) is 0. The van der Waals surface area contributed by atoms with E-state index in [0.717, 1.165) is 17.7 Å². The normalized spacial score (nSPS) is 16.5. The van der Waals surface area contributed by atoms with Crippen LogP contribution in [-0.4, -0.2) is 31.6 Å². The predicted molar refractivity (Wildman–Crippen MR) is 75.8 cm³/mol. The van der Waals surface area contributed by atoms with Gasteiger partial charge in [-0.15, -0.1) is 0 Å². The minimum Gasteiger partial charge on any atom is -0.492 e. The van der Waals surface area contributed by atoms with Crippen LogP contribution in [0.15, 0.2) is 18.2 Å². The first kappa shape index (κ1) is 14.3. The average molecular weight is 283 g/mol. The molecule has 19 heavy (non-hydrogen) atoms. The summed E-state index contributed by atoms with van der Waals surface area (Å²) in [6.07, 6.45) is 1.58. The molecule has 0 atom stereocenters. The molecule has 4 nitrogen and oxygen atoms in total. The van der Waals surface area contributed by atoms with Gasteiger partial charge in [0.25, 0.3) is 0 Å². The first-order chi connectivity index (χ1) is 9.06. The van der Waals surface area contributed by atoms with E-state index in [-0.39, 0.29) is 5.75 Å². The molecule has 5 heteroatoms. The van der Waals surface area contributed by atoms with Crippen molar-refractivity contribution in [2.75, 3.05) is 18.9 Å². The monoisotopic (exact) mass is 283 g/mol. The standard InChI is InChI=1S/C14H21NO3S/c1-3-9-19(16,17)15-7-8-18-14-6-5-12(4-2)10-13(14)11-15/h5-6,10H,3-4,7-9,11H2,1-2H3. The van der Waals surface area contributed by atoms with Crippen molar-refractivity contribution in [3.8, 4) is 5.75 Å². The average Bonchev–Trinajstić information content (AvgIpc) is 2.60. The van der Waals surface area contributed by atoms with Gasteiger partial charge in [-0.3, -0.25) is 0 Å². The van der Waals surface area contributed by atoms with Crippen molar-refractivity contribution in [2.24, 2.45) is 0 Å². The number of benzene rings is 1. The van der Waals surface area contributed by atoms with Crippen molar-refractivity contribution in [1.29, 1.82) is 0 Å². The number of ether oxygens (including phenoxy) is 1. The summed E-state index contributed by atoms with van der Waals surface area (Å²) in [6.45, 7) is 5.24. The van der Waals surface area contributed by atoms with Gasteiger partial charge in [-0.05, 0) is 24.5 Å². The molecule has 2 rings (SSSR count). The maximum absolute atomic E-state index is 12.2. The van der Waals surface area contributed by atoms with Crippen molar-refractivity contribution in [1.82, 2.24) is 4.31 Å². The van der Waals surface area contributed by atoms with Crippen molar-refractivity contribution < 1.29 is 13.2 Å². The van der Waals surface area contributed by atoms with E-state index in [0.29, 0.717) is 26.1 Å². The lowest BCUT2D eigenvalue weighted by Gasteiger charge is -2.19. The summed E-state index contributed by atoms with van der Waals surface area (Å²) in [5.74, 6) is 1.02. The summed E-state index contributed by atoms with van der Waals surface area (Å²) in [6, 6.07) is 6.04. The number of fused-ring (bicyclic) bond motifs is 1. The Labute approximate surface area is 115 Å². The van der Waals surface area contributed by atoms with Crippen LogP contribution < -0.4 is 4.74 Å². The zero-order chi connectivity index (χ0) is 13.9. The molecule has 1 heterocycles. The van der Waals surface area contributed by atoms with Gasteiger partial charge in [0, 0.05) is 18.7 Å². The van der Waals surface area contributed by atoms with Crippen molar-refractivity contribution >= 4 is 10.0 Å². The molecule has 1 aliphatic heterocycles. The van der Waals surface area contributed by atoms with Crippen molar-refractivity contribution in [3.63, 3.8) is 0 Å². The molecule has 0 saturated carbocycles. The molecule has 0 fully saturated rings. The molecule has 0 N–H and O–H groups in total. The molecule has 0 spiro atoms. The molecule has 1 aliphatic rings. The third kappa shape index (κ3) is 3.28. The van der Waals surface area contributed by atoms with E-state index in [1.807, 2.05) is 19.1 Å². The highest BCUT2D eigenvalue weighted by atomic mass is 32.2. The third-order valence-corrected chi connectivity index (χ3v) is 5.36. The molecule has 1 aromatic carbocycles. The number of sulfonamides is 1. The topological polar surface area (TPSA) is 46.6 Å². The minimum absolute atomic E-state index is 0.204. The van der Waals surface area contributed by atoms with E-state index in [4.69, 9.17) is 4.74 Å². The maximum atomic E-state index is 12.2. The van der Waals surface area contributed by atoms with Gasteiger partial charge < -0.3 is 4.74 Å². The summed E-state index contributed by atoms with van der Waals surface area (Å²) < 4.78 is 31.5. The minimum atomic E-state index is -3.17. The molecule has 1 aromatic rings. The van der Waals surface area contributed by atoms with E-state index in [1.165, 1.54) is 5.56 Å². The number of hydrogen-bond donors (Lipinski definition) is 0. The zero-order valence-corrected chi connectivity index (χ0v) is 12.4. The summed E-state index contributed by atoms with van der Waals surface area (Å²) in [5.41, 5.74) is 2.17. The Morgan fingerprint density at radius 2 is 2.11 bits per heavy atom. The Balaban J connectivity index is 2.28. The Morgan fingerprint density at radius 1 is 1.32 bits per heavy atom. The Bertz CT molecular complexity index is 540. The number of aryl methyl sites for hydroxylation is 1. The van der Waals surface area contributed by atoms with E-state index in [9.17, 15) is 8.42 Å². The van der Waals surface area contributed by atoms with Crippen LogP contribution in [0.5, 0.6) is 5.75 Å². The molecule has 106 valence electrons. The van der Waals surface area contributed by atoms with Crippen LogP contribution in [0.3, 0.4) is 0 Å². The first-order valence-electron chi connectivity index (χ1n) is 6.79. The molecular weight excluding hydrogens is 262 g/mol. The van der Waals surface area contributed by atoms with E-state index in [1.54, 1.807) is 4.31 Å². The lowest BCUT2D eigenvalue weighted by molar-refractivity contribution is 0.293. The van der Waals surface area contributed by atoms with E-state index < -0.39 is 10.0 Å². The van der Waals surface area contributed by atoms with Crippen molar-refractivity contribution in [3.05, 3.63) is 29.3 Å². The first-order valence-corrected chi connectivity index (χ1v) is 8.40. The zero-order valence-electron chi connectivity index (χ0n) is 11.6. The fourth-order valence-corrected chi connectivity index (χ4v) is 3.73. The highest BCUT2D eigenvalue weighted by Gasteiger charge is 2.25. The van der Waals surface area contributed by atoms with Gasteiger partial charge in [-0.1, -0.05) is 26.0 Å². The van der Waals surface area contributed by atoms with Gasteiger partial charge in [0.05, 0.1) is 5.75 Å². The van der Waals surface area contributed by atoms with Crippen LogP contribution in [0.1, 0.15) is 31.4 Å². The number of rotatable bonds is 4.